The Morgan fingerprint density at radius 3 is 2.32 bits per heavy atom. The average Bonchev–Trinajstić information content (AvgIpc) is 3.01. The minimum absolute atomic E-state index is 0.319. The third-order valence-corrected chi connectivity index (χ3v) is 6.28. The van der Waals surface area contributed by atoms with Crippen LogP contribution in [0.2, 0.25) is 0 Å². The highest BCUT2D eigenvalue weighted by molar-refractivity contribution is 8.04. The second-order valence-electron chi connectivity index (χ2n) is 7.29. The Labute approximate surface area is 186 Å². The monoisotopic (exact) mass is 429 g/mol. The normalized spacial score (nSPS) is 13.8. The number of benzene rings is 3. The van der Waals surface area contributed by atoms with E-state index in [0.717, 1.165) is 21.6 Å². The number of carbonyl (C=O) groups excluding carboxylic acids is 2. The standard InChI is InChI=1S/C26H23NO3S/c1-4-30-21-10-8-9-20(16-21)27-25(28)23(19-14-13-17(2)18(3)15-19)24(26(27)29)31-22-11-6-5-7-12-22/h5-16H,4H2,1-3H3. The van der Waals surface area contributed by atoms with Crippen molar-refractivity contribution in [3.63, 3.8) is 0 Å². The van der Waals surface area contributed by atoms with Gasteiger partial charge in [0.1, 0.15) is 5.75 Å². The number of hydrogen-bond donors (Lipinski definition) is 0. The Morgan fingerprint density at radius 1 is 0.839 bits per heavy atom. The van der Waals surface area contributed by atoms with E-state index in [9.17, 15) is 9.59 Å². The summed E-state index contributed by atoms with van der Waals surface area (Å²) < 4.78 is 5.57. The number of rotatable bonds is 6. The van der Waals surface area contributed by atoms with Gasteiger partial charge in [-0.15, -0.1) is 0 Å². The van der Waals surface area contributed by atoms with Crippen LogP contribution >= 0.6 is 11.8 Å². The van der Waals surface area contributed by atoms with E-state index in [-0.39, 0.29) is 11.8 Å². The number of nitrogens with zero attached hydrogens (tertiary/aromatic N) is 1. The van der Waals surface area contributed by atoms with Crippen LogP contribution in [-0.2, 0) is 9.59 Å². The number of aryl methyl sites for hydroxylation is 2. The molecule has 0 saturated carbocycles. The molecule has 0 fully saturated rings. The molecule has 0 unspecified atom stereocenters. The van der Waals surface area contributed by atoms with Crippen LogP contribution in [0, 0.1) is 13.8 Å². The van der Waals surface area contributed by atoms with Crippen molar-refractivity contribution in [2.45, 2.75) is 25.7 Å². The van der Waals surface area contributed by atoms with Gasteiger partial charge in [-0.3, -0.25) is 9.59 Å². The van der Waals surface area contributed by atoms with Gasteiger partial charge in [0.25, 0.3) is 11.8 Å². The molecule has 0 aromatic heterocycles. The molecule has 4 rings (SSSR count). The lowest BCUT2D eigenvalue weighted by Crippen LogP contribution is -2.31. The van der Waals surface area contributed by atoms with Crippen molar-refractivity contribution in [1.82, 2.24) is 0 Å². The number of ether oxygens (including phenoxy) is 1. The molecule has 0 atom stereocenters. The van der Waals surface area contributed by atoms with Gasteiger partial charge in [-0.2, -0.15) is 0 Å². The Kier molecular flexibility index (Phi) is 5.96. The summed E-state index contributed by atoms with van der Waals surface area (Å²) in [5, 5.41) is 0. The van der Waals surface area contributed by atoms with E-state index in [4.69, 9.17) is 4.74 Å². The summed E-state index contributed by atoms with van der Waals surface area (Å²) in [6.07, 6.45) is 0. The van der Waals surface area contributed by atoms with E-state index in [1.54, 1.807) is 18.2 Å². The van der Waals surface area contributed by atoms with Crippen molar-refractivity contribution in [3.05, 3.63) is 94.4 Å². The number of anilines is 1. The summed E-state index contributed by atoms with van der Waals surface area (Å²) in [6.45, 7) is 6.44. The molecule has 0 bridgehead atoms. The van der Waals surface area contributed by atoms with Gasteiger partial charge in [0.05, 0.1) is 22.8 Å². The predicted octanol–water partition coefficient (Wildman–Crippen LogP) is 5.78. The number of amides is 2. The van der Waals surface area contributed by atoms with Crippen LogP contribution in [0.1, 0.15) is 23.6 Å². The molecule has 31 heavy (non-hydrogen) atoms. The van der Waals surface area contributed by atoms with E-state index in [0.29, 0.717) is 28.5 Å². The molecule has 1 heterocycles. The zero-order valence-electron chi connectivity index (χ0n) is 17.7. The second-order valence-corrected chi connectivity index (χ2v) is 8.38. The molecule has 1 aliphatic heterocycles. The van der Waals surface area contributed by atoms with Crippen molar-refractivity contribution < 1.29 is 14.3 Å². The minimum Gasteiger partial charge on any atom is -0.494 e. The fourth-order valence-electron chi connectivity index (χ4n) is 3.48. The Bertz CT molecular complexity index is 1180. The van der Waals surface area contributed by atoms with Crippen LogP contribution < -0.4 is 9.64 Å². The quantitative estimate of drug-likeness (QED) is 0.466. The fraction of sp³-hybridized carbons (Fsp3) is 0.154. The SMILES string of the molecule is CCOc1cccc(N2C(=O)C(Sc3ccccc3)=C(c3ccc(C)c(C)c3)C2=O)c1. The first kappa shape index (κ1) is 20.9. The number of imide groups is 1. The molecule has 3 aromatic carbocycles. The zero-order chi connectivity index (χ0) is 22.0. The summed E-state index contributed by atoms with van der Waals surface area (Å²) in [6, 6.07) is 22.6. The van der Waals surface area contributed by atoms with Gasteiger partial charge < -0.3 is 4.74 Å². The molecule has 3 aromatic rings. The van der Waals surface area contributed by atoms with Crippen molar-refractivity contribution in [3.8, 4) is 5.75 Å². The van der Waals surface area contributed by atoms with Gasteiger partial charge in [-0.1, -0.05) is 54.2 Å². The fourth-order valence-corrected chi connectivity index (χ4v) is 4.49. The third-order valence-electron chi connectivity index (χ3n) is 5.19. The lowest BCUT2D eigenvalue weighted by Gasteiger charge is -2.16. The van der Waals surface area contributed by atoms with Crippen molar-refractivity contribution in [2.24, 2.45) is 0 Å². The van der Waals surface area contributed by atoms with Gasteiger partial charge in [0, 0.05) is 11.0 Å². The Balaban J connectivity index is 1.82. The van der Waals surface area contributed by atoms with Crippen molar-refractivity contribution in [2.75, 3.05) is 11.5 Å². The highest BCUT2D eigenvalue weighted by atomic mass is 32.2. The number of thioether (sulfide) groups is 1. The maximum Gasteiger partial charge on any atom is 0.272 e. The summed E-state index contributed by atoms with van der Waals surface area (Å²) in [4.78, 5) is 29.7. The molecule has 0 aliphatic carbocycles. The van der Waals surface area contributed by atoms with E-state index in [1.807, 2.05) is 75.4 Å². The van der Waals surface area contributed by atoms with Crippen molar-refractivity contribution >= 4 is 34.8 Å². The first-order chi connectivity index (χ1) is 15.0. The lowest BCUT2D eigenvalue weighted by atomic mass is 10.0. The highest BCUT2D eigenvalue weighted by Crippen LogP contribution is 2.42. The van der Waals surface area contributed by atoms with Crippen LogP contribution in [0.5, 0.6) is 5.75 Å². The van der Waals surface area contributed by atoms with Crippen LogP contribution in [0.15, 0.2) is 82.6 Å². The van der Waals surface area contributed by atoms with Crippen LogP contribution in [0.4, 0.5) is 5.69 Å². The van der Waals surface area contributed by atoms with Crippen LogP contribution in [-0.4, -0.2) is 18.4 Å². The molecule has 4 nitrogen and oxygen atoms in total. The van der Waals surface area contributed by atoms with Gasteiger partial charge in [0.15, 0.2) is 0 Å². The lowest BCUT2D eigenvalue weighted by molar-refractivity contribution is -0.119. The topological polar surface area (TPSA) is 46.6 Å². The van der Waals surface area contributed by atoms with E-state index < -0.39 is 0 Å². The molecule has 0 radical (unpaired) electrons. The molecule has 0 spiro atoms. The summed E-state index contributed by atoms with van der Waals surface area (Å²) in [5.41, 5.74) is 3.91. The average molecular weight is 430 g/mol. The predicted molar refractivity (Wildman–Crippen MR) is 125 cm³/mol. The number of hydrogen-bond acceptors (Lipinski definition) is 4. The molecule has 5 heteroatoms. The molecular formula is C26H23NO3S. The molecular weight excluding hydrogens is 406 g/mol. The minimum atomic E-state index is -0.319. The van der Waals surface area contributed by atoms with Gasteiger partial charge in [-0.25, -0.2) is 4.90 Å². The molecule has 0 saturated heterocycles. The van der Waals surface area contributed by atoms with E-state index in [2.05, 4.69) is 0 Å². The summed E-state index contributed by atoms with van der Waals surface area (Å²) in [5.74, 6) is -0.0152. The van der Waals surface area contributed by atoms with Gasteiger partial charge in [0.2, 0.25) is 0 Å². The molecule has 2 amide bonds. The second kappa shape index (κ2) is 8.82. The molecule has 0 N–H and O–H groups in total. The van der Waals surface area contributed by atoms with Gasteiger partial charge >= 0.3 is 0 Å². The Morgan fingerprint density at radius 2 is 1.61 bits per heavy atom. The summed E-state index contributed by atoms with van der Waals surface area (Å²) >= 11 is 1.33. The first-order valence-electron chi connectivity index (χ1n) is 10.2. The van der Waals surface area contributed by atoms with Gasteiger partial charge in [-0.05, 0) is 61.7 Å². The molecule has 1 aliphatic rings. The highest BCUT2D eigenvalue weighted by Gasteiger charge is 2.40. The van der Waals surface area contributed by atoms with Crippen molar-refractivity contribution in [1.29, 1.82) is 0 Å². The first-order valence-corrected chi connectivity index (χ1v) is 11.0. The maximum atomic E-state index is 13.6. The Hall–Kier alpha value is -3.31. The largest absolute Gasteiger partial charge is 0.494 e. The van der Waals surface area contributed by atoms with E-state index in [1.165, 1.54) is 16.7 Å². The number of carbonyl (C=O) groups is 2. The smallest absolute Gasteiger partial charge is 0.272 e. The van der Waals surface area contributed by atoms with Crippen LogP contribution in [0.3, 0.4) is 0 Å². The third kappa shape index (κ3) is 4.14. The molecule has 156 valence electrons. The van der Waals surface area contributed by atoms with E-state index >= 15 is 0 Å². The summed E-state index contributed by atoms with van der Waals surface area (Å²) in [7, 11) is 0. The zero-order valence-corrected chi connectivity index (χ0v) is 18.5. The maximum absolute atomic E-state index is 13.6. The van der Waals surface area contributed by atoms with Crippen LogP contribution in [0.25, 0.3) is 5.57 Å².